The number of ether oxygens (including phenoxy) is 1. The highest BCUT2D eigenvalue weighted by molar-refractivity contribution is 6.34. The van der Waals surface area contributed by atoms with Crippen LogP contribution in [0.4, 0.5) is 0 Å². The van der Waals surface area contributed by atoms with Gasteiger partial charge in [0.25, 0.3) is 5.91 Å². The minimum Gasteiger partial charge on any atom is -0.465 e. The molecule has 0 aliphatic carbocycles. The molecule has 7 heteroatoms. The molecule has 2 heterocycles. The van der Waals surface area contributed by atoms with Crippen molar-refractivity contribution in [1.82, 2.24) is 9.47 Å². The molecule has 0 saturated carbocycles. The van der Waals surface area contributed by atoms with Gasteiger partial charge < -0.3 is 14.2 Å². The molecular weight excluding hydrogens is 483 g/mol. The summed E-state index contributed by atoms with van der Waals surface area (Å²) in [6.07, 6.45) is 1.76. The van der Waals surface area contributed by atoms with Gasteiger partial charge >= 0.3 is 5.97 Å². The van der Waals surface area contributed by atoms with Crippen molar-refractivity contribution in [1.29, 1.82) is 0 Å². The Hall–Kier alpha value is -3.28. The van der Waals surface area contributed by atoms with Crippen LogP contribution in [0.3, 0.4) is 0 Å². The van der Waals surface area contributed by atoms with Crippen LogP contribution in [0, 0.1) is 13.8 Å². The van der Waals surface area contributed by atoms with E-state index in [-0.39, 0.29) is 17.5 Å². The fraction of sp³-hybridized carbons (Fsp3) is 0.214. The third-order valence-electron chi connectivity index (χ3n) is 6.38. The fourth-order valence-corrected chi connectivity index (χ4v) is 5.21. The van der Waals surface area contributed by atoms with E-state index >= 15 is 0 Å². The molecule has 1 amide bonds. The van der Waals surface area contributed by atoms with Crippen LogP contribution >= 0.6 is 23.2 Å². The van der Waals surface area contributed by atoms with Gasteiger partial charge in [0.05, 0.1) is 24.3 Å². The Bertz CT molecular complexity index is 1370. The third-order valence-corrected chi connectivity index (χ3v) is 6.81. The predicted octanol–water partition coefficient (Wildman–Crippen LogP) is 6.83. The summed E-state index contributed by atoms with van der Waals surface area (Å²) in [4.78, 5) is 28.1. The molecule has 1 atom stereocenters. The Labute approximate surface area is 215 Å². The first-order chi connectivity index (χ1) is 16.6. The summed E-state index contributed by atoms with van der Waals surface area (Å²) in [5, 5.41) is 1.06. The first-order valence-corrected chi connectivity index (χ1v) is 11.9. The van der Waals surface area contributed by atoms with Crippen LogP contribution in [0.2, 0.25) is 10.0 Å². The lowest BCUT2D eigenvalue weighted by atomic mass is 10.0. The highest BCUT2D eigenvalue weighted by Gasteiger charge is 2.39. The second kappa shape index (κ2) is 9.76. The summed E-state index contributed by atoms with van der Waals surface area (Å²) in [5.41, 5.74) is 5.58. The van der Waals surface area contributed by atoms with Gasteiger partial charge in [0.2, 0.25) is 0 Å². The van der Waals surface area contributed by atoms with Crippen LogP contribution in [0.15, 0.2) is 71.4 Å². The number of carbonyl (C=O) groups excluding carboxylic acids is 2. The van der Waals surface area contributed by atoms with Crippen LogP contribution in [0.5, 0.6) is 0 Å². The topological polar surface area (TPSA) is 51.5 Å². The van der Waals surface area contributed by atoms with Crippen LogP contribution in [0.25, 0.3) is 11.8 Å². The van der Waals surface area contributed by atoms with Crippen molar-refractivity contribution in [3.05, 3.63) is 104 Å². The van der Waals surface area contributed by atoms with Crippen LogP contribution in [-0.4, -0.2) is 28.5 Å². The molecule has 3 aromatic rings. The number of esters is 1. The van der Waals surface area contributed by atoms with Gasteiger partial charge in [-0.15, -0.1) is 0 Å². The van der Waals surface area contributed by atoms with Gasteiger partial charge in [-0.2, -0.15) is 0 Å². The smallest absolute Gasteiger partial charge is 0.340 e. The average Bonchev–Trinajstić information content (AvgIpc) is 3.24. The van der Waals surface area contributed by atoms with Gasteiger partial charge in [-0.1, -0.05) is 53.5 Å². The molecule has 5 nitrogen and oxygen atoms in total. The van der Waals surface area contributed by atoms with E-state index in [1.165, 1.54) is 7.11 Å². The van der Waals surface area contributed by atoms with E-state index in [0.29, 0.717) is 21.3 Å². The number of benzene rings is 2. The number of aromatic nitrogens is 1. The molecular formula is C28H26Cl2N2O3. The van der Waals surface area contributed by atoms with Gasteiger partial charge in [0.15, 0.2) is 0 Å². The maximum absolute atomic E-state index is 13.7. The van der Waals surface area contributed by atoms with Crippen LogP contribution in [0.1, 0.15) is 42.4 Å². The minimum absolute atomic E-state index is 0.241. The number of halogens is 2. The zero-order valence-electron chi connectivity index (χ0n) is 20.2. The van der Waals surface area contributed by atoms with Crippen molar-refractivity contribution >= 4 is 41.2 Å². The lowest BCUT2D eigenvalue weighted by Gasteiger charge is -2.26. The summed E-state index contributed by atoms with van der Waals surface area (Å²) < 4.78 is 7.07. The number of allylic oxidation sites excluding steroid dienone is 1. The Balaban J connectivity index is 1.83. The number of methoxy groups -OCH3 is 1. The van der Waals surface area contributed by atoms with Gasteiger partial charge in [-0.3, -0.25) is 4.79 Å². The minimum atomic E-state index is -0.541. The first kappa shape index (κ1) is 24.8. The molecule has 35 heavy (non-hydrogen) atoms. The summed E-state index contributed by atoms with van der Waals surface area (Å²) >= 11 is 12.5. The maximum Gasteiger partial charge on any atom is 0.340 e. The largest absolute Gasteiger partial charge is 0.465 e. The molecule has 0 spiro atoms. The SMILES string of the molecule is COC(=O)C1=C(C)N([C@H](C)c2ccccc2)C(=O)/C1=C\c1cc(C)n(-c2cc(Cl)cc(Cl)c2)c1C. The highest BCUT2D eigenvalue weighted by atomic mass is 35.5. The first-order valence-electron chi connectivity index (χ1n) is 11.2. The van der Waals surface area contributed by atoms with Gasteiger partial charge in [0, 0.05) is 32.8 Å². The maximum atomic E-state index is 13.7. The number of nitrogens with zero attached hydrogens (tertiary/aromatic N) is 2. The fourth-order valence-electron chi connectivity index (χ4n) is 4.70. The van der Waals surface area contributed by atoms with Crippen molar-refractivity contribution in [3.63, 3.8) is 0 Å². The second-order valence-corrected chi connectivity index (χ2v) is 9.43. The molecule has 0 fully saturated rings. The summed E-state index contributed by atoms with van der Waals surface area (Å²) in [7, 11) is 1.32. The monoisotopic (exact) mass is 508 g/mol. The summed E-state index contributed by atoms with van der Waals surface area (Å²) in [6.45, 7) is 7.64. The van der Waals surface area contributed by atoms with Gasteiger partial charge in [-0.25, -0.2) is 4.79 Å². The van der Waals surface area contributed by atoms with Gasteiger partial charge in [0.1, 0.15) is 0 Å². The molecule has 1 aliphatic rings. The normalized spacial score (nSPS) is 15.8. The Morgan fingerprint density at radius 2 is 1.63 bits per heavy atom. The molecule has 0 N–H and O–H groups in total. The van der Waals surface area contributed by atoms with E-state index in [9.17, 15) is 9.59 Å². The molecule has 0 bridgehead atoms. The molecule has 1 aliphatic heterocycles. The van der Waals surface area contributed by atoms with E-state index in [4.69, 9.17) is 27.9 Å². The average molecular weight is 509 g/mol. The molecule has 180 valence electrons. The molecule has 1 aromatic heterocycles. The third kappa shape index (κ3) is 4.54. The lowest BCUT2D eigenvalue weighted by molar-refractivity contribution is -0.136. The number of amides is 1. The number of rotatable bonds is 5. The second-order valence-electron chi connectivity index (χ2n) is 8.56. The Morgan fingerprint density at radius 1 is 1.00 bits per heavy atom. The molecule has 0 radical (unpaired) electrons. The predicted molar refractivity (Wildman–Crippen MR) is 140 cm³/mol. The zero-order chi connectivity index (χ0) is 25.4. The highest BCUT2D eigenvalue weighted by Crippen LogP contribution is 2.38. The Morgan fingerprint density at radius 3 is 2.23 bits per heavy atom. The van der Waals surface area contributed by atoms with E-state index < -0.39 is 5.97 Å². The van der Waals surface area contributed by atoms with E-state index in [0.717, 1.165) is 28.2 Å². The van der Waals surface area contributed by atoms with E-state index in [1.807, 2.05) is 73.9 Å². The quantitative estimate of drug-likeness (QED) is 0.280. The van der Waals surface area contributed by atoms with Crippen molar-refractivity contribution in [2.24, 2.45) is 0 Å². The molecule has 2 aromatic carbocycles. The van der Waals surface area contributed by atoms with Crippen molar-refractivity contribution in [2.75, 3.05) is 7.11 Å². The summed E-state index contributed by atoms with van der Waals surface area (Å²) in [5.74, 6) is -0.782. The standard InChI is InChI=1S/C28H26Cl2N2O3/c1-16-11-21(18(3)31(16)24-14-22(29)13-23(30)15-24)12-25-26(28(34)35-5)19(4)32(27(25)33)17(2)20-9-7-6-8-10-20/h6-15,17H,1-5H3/b25-12-/t17-/m1/s1. The summed E-state index contributed by atoms with van der Waals surface area (Å²) in [6, 6.07) is 16.8. The van der Waals surface area contributed by atoms with Crippen molar-refractivity contribution in [3.8, 4) is 5.69 Å². The van der Waals surface area contributed by atoms with E-state index in [1.54, 1.807) is 24.0 Å². The van der Waals surface area contributed by atoms with Crippen LogP contribution < -0.4 is 0 Å². The number of aryl methyl sites for hydroxylation is 1. The van der Waals surface area contributed by atoms with Crippen molar-refractivity contribution in [2.45, 2.75) is 33.7 Å². The number of hydrogen-bond donors (Lipinski definition) is 0. The lowest BCUT2D eigenvalue weighted by Crippen LogP contribution is -2.28. The number of hydrogen-bond acceptors (Lipinski definition) is 3. The molecule has 0 saturated heterocycles. The van der Waals surface area contributed by atoms with Gasteiger partial charge in [-0.05, 0) is 69.2 Å². The van der Waals surface area contributed by atoms with Crippen LogP contribution in [-0.2, 0) is 14.3 Å². The molecule has 4 rings (SSSR count). The zero-order valence-corrected chi connectivity index (χ0v) is 21.7. The van der Waals surface area contributed by atoms with Crippen molar-refractivity contribution < 1.29 is 14.3 Å². The van der Waals surface area contributed by atoms with E-state index in [2.05, 4.69) is 0 Å². The number of carbonyl (C=O) groups is 2. The molecule has 0 unspecified atom stereocenters. The Kier molecular flexibility index (Phi) is 6.93.